The van der Waals surface area contributed by atoms with Crippen LogP contribution in [0.5, 0.6) is 0 Å². The molecule has 0 spiro atoms. The molecule has 0 aliphatic heterocycles. The first-order valence-corrected chi connectivity index (χ1v) is 14.5. The van der Waals surface area contributed by atoms with E-state index in [0.29, 0.717) is 36.8 Å². The Kier molecular flexibility index (Phi) is 9.22. The summed E-state index contributed by atoms with van der Waals surface area (Å²) in [6, 6.07) is 13.6. The van der Waals surface area contributed by atoms with E-state index in [2.05, 4.69) is 67.5 Å². The molecule has 3 atom stereocenters. The van der Waals surface area contributed by atoms with Gasteiger partial charge in [0.25, 0.3) is 0 Å². The maximum absolute atomic E-state index is 13.7. The average Bonchev–Trinajstić information content (AvgIpc) is 3.62. The van der Waals surface area contributed by atoms with E-state index in [-0.39, 0.29) is 28.4 Å². The van der Waals surface area contributed by atoms with Gasteiger partial charge in [-0.3, -0.25) is 9.69 Å². The molecule has 2 aliphatic carbocycles. The Hall–Kier alpha value is -2.64. The van der Waals surface area contributed by atoms with E-state index in [1.807, 2.05) is 4.90 Å². The monoisotopic (exact) mass is 556 g/mol. The van der Waals surface area contributed by atoms with E-state index in [1.54, 1.807) is 6.07 Å². The highest BCUT2D eigenvalue weighted by Crippen LogP contribution is 2.62. The van der Waals surface area contributed by atoms with Crippen LogP contribution in [-0.4, -0.2) is 53.0 Å². The molecule has 2 fully saturated rings. The minimum absolute atomic E-state index is 0.00805. The Balaban J connectivity index is 1.48. The lowest BCUT2D eigenvalue weighted by molar-refractivity contribution is -0.119. The third-order valence-corrected chi connectivity index (χ3v) is 8.84. The number of fused-ring (bicyclic) bond motifs is 1. The quantitative estimate of drug-likeness (QED) is 0.347. The van der Waals surface area contributed by atoms with Crippen molar-refractivity contribution in [2.75, 3.05) is 18.4 Å². The van der Waals surface area contributed by atoms with Gasteiger partial charge in [0.05, 0.1) is 5.02 Å². The number of nitrogens with zero attached hydrogens (tertiary/aromatic N) is 2. The summed E-state index contributed by atoms with van der Waals surface area (Å²) in [6.45, 7) is 12.2. The van der Waals surface area contributed by atoms with Crippen molar-refractivity contribution in [2.24, 2.45) is 5.92 Å². The van der Waals surface area contributed by atoms with E-state index in [9.17, 15) is 14.0 Å². The summed E-state index contributed by atoms with van der Waals surface area (Å²) >= 11 is 5.98. The summed E-state index contributed by atoms with van der Waals surface area (Å²) in [6.07, 6.45) is 4.03. The van der Waals surface area contributed by atoms with Gasteiger partial charge in [0.15, 0.2) is 0 Å². The number of anilines is 1. The molecule has 0 saturated heterocycles. The average molecular weight is 557 g/mol. The van der Waals surface area contributed by atoms with Crippen molar-refractivity contribution in [1.29, 1.82) is 0 Å². The molecule has 2 saturated carbocycles. The fourth-order valence-electron chi connectivity index (χ4n) is 6.42. The number of urea groups is 1. The van der Waals surface area contributed by atoms with Crippen LogP contribution in [0.2, 0.25) is 5.02 Å². The highest BCUT2D eigenvalue weighted by Gasteiger charge is 2.58. The summed E-state index contributed by atoms with van der Waals surface area (Å²) in [4.78, 5) is 29.4. The highest BCUT2D eigenvalue weighted by molar-refractivity contribution is 6.31. The molecule has 2 N–H and O–H groups in total. The molecule has 0 radical (unpaired) electrons. The van der Waals surface area contributed by atoms with Crippen molar-refractivity contribution in [2.45, 2.75) is 90.4 Å². The molecule has 0 aromatic heterocycles. The van der Waals surface area contributed by atoms with Crippen molar-refractivity contribution >= 4 is 29.2 Å². The van der Waals surface area contributed by atoms with Gasteiger partial charge < -0.3 is 15.5 Å². The lowest BCUT2D eigenvalue weighted by atomic mass is 9.80. The maximum Gasteiger partial charge on any atom is 0.322 e. The minimum atomic E-state index is -0.505. The second-order valence-electron chi connectivity index (χ2n) is 11.8. The molecular formula is C31H42ClFN4O2. The van der Waals surface area contributed by atoms with Crippen molar-refractivity contribution in [3.8, 4) is 0 Å². The second kappa shape index (κ2) is 12.3. The van der Waals surface area contributed by atoms with E-state index in [4.69, 9.17) is 11.6 Å². The molecule has 8 heteroatoms. The van der Waals surface area contributed by atoms with Crippen molar-refractivity contribution in [3.63, 3.8) is 0 Å². The number of halogens is 2. The second-order valence-corrected chi connectivity index (χ2v) is 12.2. The molecule has 4 rings (SSSR count). The van der Waals surface area contributed by atoms with Crippen LogP contribution in [0.4, 0.5) is 14.9 Å². The molecule has 2 aromatic rings. The molecule has 6 nitrogen and oxygen atoms in total. The van der Waals surface area contributed by atoms with Crippen molar-refractivity contribution < 1.29 is 14.0 Å². The lowest BCUT2D eigenvalue weighted by Gasteiger charge is -2.39. The topological polar surface area (TPSA) is 64.7 Å². The predicted molar refractivity (Wildman–Crippen MR) is 155 cm³/mol. The number of hydrogen-bond acceptors (Lipinski definition) is 3. The molecule has 212 valence electrons. The van der Waals surface area contributed by atoms with Crippen LogP contribution in [0, 0.1) is 11.7 Å². The predicted octanol–water partition coefficient (Wildman–Crippen LogP) is 6.58. The number of hydrogen-bond donors (Lipinski definition) is 2. The fraction of sp³-hybridized carbons (Fsp3) is 0.548. The van der Waals surface area contributed by atoms with Gasteiger partial charge in [-0.05, 0) is 94.0 Å². The molecule has 0 bridgehead atoms. The molecule has 0 heterocycles. The van der Waals surface area contributed by atoms with Crippen LogP contribution in [0.25, 0.3) is 0 Å². The number of carbonyl (C=O) groups is 2. The normalized spacial score (nSPS) is 22.1. The molecule has 2 aromatic carbocycles. The number of carbonyl (C=O) groups excluding carboxylic acids is 2. The SMILES string of the molecule is CC(=O)NCc1cccc([C@]23CC[C@@H](N(CCN(C(C)C)C(C)C)C(=O)Nc4ccc(F)c(Cl)c4)CC2C3)c1. The summed E-state index contributed by atoms with van der Waals surface area (Å²) in [5.74, 6) is -0.0122. The standard InChI is InChI=1S/C31H42ClFN4O2/c1-20(2)36(21(3)4)13-14-37(30(39)35-26-9-10-29(33)28(32)17-26)27-11-12-31(18-25(31)16-27)24-8-6-7-23(15-24)19-34-22(5)38/h6-10,15,17,20-21,25,27H,11-14,16,18-19H2,1-5H3,(H,34,38)(H,35,39)/t25?,27-,31-/m1/s1. The third kappa shape index (κ3) is 6.93. The fourth-order valence-corrected chi connectivity index (χ4v) is 6.60. The first-order valence-electron chi connectivity index (χ1n) is 14.1. The Morgan fingerprint density at radius 1 is 1.10 bits per heavy atom. The number of nitrogens with one attached hydrogen (secondary N) is 2. The smallest absolute Gasteiger partial charge is 0.322 e. The zero-order valence-corrected chi connectivity index (χ0v) is 24.5. The molecule has 39 heavy (non-hydrogen) atoms. The van der Waals surface area contributed by atoms with Crippen LogP contribution in [0.15, 0.2) is 42.5 Å². The van der Waals surface area contributed by atoms with E-state index < -0.39 is 5.82 Å². The Bertz CT molecular complexity index is 1180. The van der Waals surface area contributed by atoms with Crippen LogP contribution in [0.3, 0.4) is 0 Å². The van der Waals surface area contributed by atoms with Crippen LogP contribution in [-0.2, 0) is 16.8 Å². The molecule has 3 amide bonds. The minimum Gasteiger partial charge on any atom is -0.352 e. The zero-order valence-electron chi connectivity index (χ0n) is 23.8. The van der Waals surface area contributed by atoms with Gasteiger partial charge in [-0.25, -0.2) is 9.18 Å². The summed E-state index contributed by atoms with van der Waals surface area (Å²) in [5.41, 5.74) is 3.12. The van der Waals surface area contributed by atoms with Gasteiger partial charge >= 0.3 is 6.03 Å². The highest BCUT2D eigenvalue weighted by atomic mass is 35.5. The van der Waals surface area contributed by atoms with Crippen LogP contribution >= 0.6 is 11.6 Å². The summed E-state index contributed by atoms with van der Waals surface area (Å²) in [7, 11) is 0. The van der Waals surface area contributed by atoms with Gasteiger partial charge in [0.1, 0.15) is 5.82 Å². The summed E-state index contributed by atoms with van der Waals surface area (Å²) < 4.78 is 13.7. The zero-order chi connectivity index (χ0) is 28.3. The number of benzene rings is 2. The molecular weight excluding hydrogens is 515 g/mol. The molecule has 2 aliphatic rings. The van der Waals surface area contributed by atoms with Gasteiger partial charge in [0, 0.05) is 50.4 Å². The van der Waals surface area contributed by atoms with E-state index in [1.165, 1.54) is 24.6 Å². The summed E-state index contributed by atoms with van der Waals surface area (Å²) in [5, 5.41) is 5.86. The Labute approximate surface area is 237 Å². The van der Waals surface area contributed by atoms with Gasteiger partial charge in [-0.15, -0.1) is 0 Å². The van der Waals surface area contributed by atoms with Crippen molar-refractivity contribution in [1.82, 2.24) is 15.1 Å². The van der Waals surface area contributed by atoms with Crippen molar-refractivity contribution in [3.05, 3.63) is 64.4 Å². The van der Waals surface area contributed by atoms with E-state index >= 15 is 0 Å². The third-order valence-electron chi connectivity index (χ3n) is 8.55. The van der Waals surface area contributed by atoms with Gasteiger partial charge in [-0.2, -0.15) is 0 Å². The van der Waals surface area contributed by atoms with Crippen LogP contribution in [0.1, 0.15) is 71.4 Å². The largest absolute Gasteiger partial charge is 0.352 e. The van der Waals surface area contributed by atoms with Crippen LogP contribution < -0.4 is 10.6 Å². The Morgan fingerprint density at radius 2 is 1.85 bits per heavy atom. The van der Waals surface area contributed by atoms with Gasteiger partial charge in [0.2, 0.25) is 5.91 Å². The first-order chi connectivity index (χ1) is 18.5. The van der Waals surface area contributed by atoms with E-state index in [0.717, 1.165) is 37.8 Å². The maximum atomic E-state index is 13.7. The molecule has 1 unspecified atom stereocenters. The van der Waals surface area contributed by atoms with Gasteiger partial charge in [-0.1, -0.05) is 35.9 Å². The lowest BCUT2D eigenvalue weighted by Crippen LogP contribution is -2.50. The number of rotatable bonds is 10. The first kappa shape index (κ1) is 29.3. The Morgan fingerprint density at radius 3 is 2.49 bits per heavy atom. The number of amides is 3.